The molecule has 0 amide bonds. The monoisotopic (exact) mass is 551 g/mol. The first-order valence-electron chi connectivity index (χ1n) is 11.2. The maximum atomic E-state index is 13.2. The van der Waals surface area contributed by atoms with Crippen molar-refractivity contribution < 1.29 is 27.8 Å². The molecule has 4 aromatic rings. The Balaban J connectivity index is 1.77. The second kappa shape index (κ2) is 10.8. The van der Waals surface area contributed by atoms with Gasteiger partial charge in [0.2, 0.25) is 0 Å². The lowest BCUT2D eigenvalue weighted by Crippen LogP contribution is -2.37. The summed E-state index contributed by atoms with van der Waals surface area (Å²) in [6.07, 6.45) is -7.07. The van der Waals surface area contributed by atoms with Gasteiger partial charge in [0.05, 0.1) is 6.54 Å². The lowest BCUT2D eigenvalue weighted by molar-refractivity contribution is -0.207. The van der Waals surface area contributed by atoms with Gasteiger partial charge in [0.25, 0.3) is 0 Å². The minimum absolute atomic E-state index is 0.0513. The third-order valence-electron chi connectivity index (χ3n) is 5.30. The summed E-state index contributed by atoms with van der Waals surface area (Å²) in [5.41, 5.74) is -0.627. The van der Waals surface area contributed by atoms with Gasteiger partial charge in [0.15, 0.2) is 35.5 Å². The molecule has 2 atom stereocenters. The first kappa shape index (κ1) is 27.0. The zero-order chi connectivity index (χ0) is 27.6. The van der Waals surface area contributed by atoms with Crippen molar-refractivity contribution in [2.45, 2.75) is 45.3 Å². The van der Waals surface area contributed by atoms with Crippen molar-refractivity contribution in [1.29, 1.82) is 0 Å². The standard InChI is InChI=1S/C23H21ClF3N7O4/c1-13(38-14(2)35)20-29-18(30-34(20)19-5-3-4-10-28-19)12-33-22(37)32(11-17(36)23(25,26)27)21(31-33)15-6-8-16(24)9-7-15/h3-10,13,17,36H,11-12H2,1-2H3/t13?,17-/m0/s1. The second-order valence-electron chi connectivity index (χ2n) is 8.18. The molecule has 38 heavy (non-hydrogen) atoms. The topological polar surface area (TPSA) is 130 Å². The number of carbonyl (C=O) groups excluding carboxylic acids is 1. The van der Waals surface area contributed by atoms with Crippen LogP contribution in [0.15, 0.2) is 53.5 Å². The van der Waals surface area contributed by atoms with E-state index in [4.69, 9.17) is 16.3 Å². The highest BCUT2D eigenvalue weighted by atomic mass is 35.5. The molecule has 3 heterocycles. The first-order chi connectivity index (χ1) is 17.9. The van der Waals surface area contributed by atoms with E-state index >= 15 is 0 Å². The van der Waals surface area contributed by atoms with Crippen LogP contribution in [-0.4, -0.2) is 57.5 Å². The van der Waals surface area contributed by atoms with Gasteiger partial charge in [0.1, 0.15) is 6.54 Å². The Hall–Kier alpha value is -4.04. The van der Waals surface area contributed by atoms with Crippen molar-refractivity contribution >= 4 is 17.6 Å². The minimum Gasteiger partial charge on any atom is -0.455 e. The molecule has 15 heteroatoms. The highest BCUT2D eigenvalue weighted by molar-refractivity contribution is 6.30. The van der Waals surface area contributed by atoms with Gasteiger partial charge in [-0.2, -0.15) is 17.9 Å². The molecule has 0 saturated carbocycles. The first-order valence-corrected chi connectivity index (χ1v) is 11.5. The summed E-state index contributed by atoms with van der Waals surface area (Å²) in [7, 11) is 0. The lowest BCUT2D eigenvalue weighted by atomic mass is 10.2. The Labute approximate surface area is 218 Å². The SMILES string of the molecule is CC(=O)OC(C)c1nc(Cn2nc(-c3ccc(Cl)cc3)n(C[C@H](O)C(F)(F)F)c2=O)nn1-c1ccccn1. The van der Waals surface area contributed by atoms with Gasteiger partial charge >= 0.3 is 17.8 Å². The van der Waals surface area contributed by atoms with Crippen molar-refractivity contribution in [3.63, 3.8) is 0 Å². The Morgan fingerprint density at radius 2 is 1.87 bits per heavy atom. The molecule has 0 saturated heterocycles. The van der Waals surface area contributed by atoms with Gasteiger partial charge < -0.3 is 9.84 Å². The van der Waals surface area contributed by atoms with Crippen molar-refractivity contribution in [2.75, 3.05) is 0 Å². The van der Waals surface area contributed by atoms with Crippen LogP contribution in [0.25, 0.3) is 17.2 Å². The van der Waals surface area contributed by atoms with E-state index in [1.165, 1.54) is 42.1 Å². The van der Waals surface area contributed by atoms with Gasteiger partial charge in [-0.25, -0.2) is 19.4 Å². The summed E-state index contributed by atoms with van der Waals surface area (Å²) in [5.74, 6) is -0.0662. The highest BCUT2D eigenvalue weighted by Gasteiger charge is 2.39. The van der Waals surface area contributed by atoms with Crippen molar-refractivity contribution in [2.24, 2.45) is 0 Å². The smallest absolute Gasteiger partial charge is 0.416 e. The summed E-state index contributed by atoms with van der Waals surface area (Å²) in [6, 6.07) is 11.0. The summed E-state index contributed by atoms with van der Waals surface area (Å²) in [6.45, 7) is 1.39. The number of aromatic nitrogens is 7. The molecule has 0 spiro atoms. The highest BCUT2D eigenvalue weighted by Crippen LogP contribution is 2.24. The third-order valence-corrected chi connectivity index (χ3v) is 5.55. The molecule has 200 valence electrons. The van der Waals surface area contributed by atoms with Crippen LogP contribution in [0.3, 0.4) is 0 Å². The fourth-order valence-electron chi connectivity index (χ4n) is 3.58. The van der Waals surface area contributed by atoms with E-state index < -0.39 is 36.6 Å². The van der Waals surface area contributed by atoms with Crippen molar-refractivity contribution in [1.82, 2.24) is 34.1 Å². The van der Waals surface area contributed by atoms with Crippen molar-refractivity contribution in [3.05, 3.63) is 75.8 Å². The fraction of sp³-hybridized carbons (Fsp3) is 0.304. The summed E-state index contributed by atoms with van der Waals surface area (Å²) in [4.78, 5) is 33.3. The van der Waals surface area contributed by atoms with Gasteiger partial charge in [-0.05, 0) is 43.3 Å². The van der Waals surface area contributed by atoms with Gasteiger partial charge in [-0.15, -0.1) is 10.2 Å². The van der Waals surface area contributed by atoms with Crippen LogP contribution in [-0.2, 0) is 22.6 Å². The Bertz CT molecular complexity index is 1480. The number of aliphatic hydroxyl groups is 1. The molecule has 1 aromatic carbocycles. The number of ether oxygens (including phenoxy) is 1. The van der Waals surface area contributed by atoms with Crippen LogP contribution < -0.4 is 5.69 Å². The molecule has 1 N–H and O–H groups in total. The number of nitrogens with zero attached hydrogens (tertiary/aromatic N) is 7. The van der Waals surface area contributed by atoms with E-state index in [-0.39, 0.29) is 24.0 Å². The summed E-state index contributed by atoms with van der Waals surface area (Å²) < 4.78 is 47.5. The molecule has 0 fully saturated rings. The molecular formula is C23H21ClF3N7O4. The Kier molecular flexibility index (Phi) is 7.64. The Morgan fingerprint density at radius 1 is 1.16 bits per heavy atom. The van der Waals surface area contributed by atoms with E-state index in [9.17, 15) is 27.9 Å². The predicted molar refractivity (Wildman–Crippen MR) is 127 cm³/mol. The molecule has 3 aromatic heterocycles. The van der Waals surface area contributed by atoms with E-state index in [0.717, 1.165) is 9.25 Å². The molecule has 1 unspecified atom stereocenters. The average Bonchev–Trinajstić information content (AvgIpc) is 3.41. The number of esters is 1. The number of rotatable bonds is 8. The van der Waals surface area contributed by atoms with Crippen LogP contribution >= 0.6 is 11.6 Å². The number of carbonyl (C=O) groups is 1. The fourth-order valence-corrected chi connectivity index (χ4v) is 3.71. The molecule has 0 aliphatic rings. The van der Waals surface area contributed by atoms with Crippen molar-refractivity contribution in [3.8, 4) is 17.2 Å². The zero-order valence-electron chi connectivity index (χ0n) is 20.0. The van der Waals surface area contributed by atoms with E-state index in [1.54, 1.807) is 25.1 Å². The molecule has 0 radical (unpaired) electrons. The normalized spacial score (nSPS) is 13.3. The molecular weight excluding hydrogens is 531 g/mol. The molecule has 0 aliphatic heterocycles. The van der Waals surface area contributed by atoms with Crippen LogP contribution in [0.2, 0.25) is 5.02 Å². The Morgan fingerprint density at radius 3 is 2.47 bits per heavy atom. The lowest BCUT2D eigenvalue weighted by Gasteiger charge is -2.15. The van der Waals surface area contributed by atoms with Gasteiger partial charge in [-0.1, -0.05) is 17.7 Å². The quantitative estimate of drug-likeness (QED) is 0.331. The van der Waals surface area contributed by atoms with Crippen LogP contribution in [0.5, 0.6) is 0 Å². The maximum Gasteiger partial charge on any atom is 0.416 e. The number of hydrogen-bond acceptors (Lipinski definition) is 8. The third kappa shape index (κ3) is 5.92. The predicted octanol–water partition coefficient (Wildman–Crippen LogP) is 2.94. The molecule has 11 nitrogen and oxygen atoms in total. The van der Waals surface area contributed by atoms with Crippen LogP contribution in [0.4, 0.5) is 13.2 Å². The molecule has 4 rings (SSSR count). The van der Waals surface area contributed by atoms with Gasteiger partial charge in [-0.3, -0.25) is 9.36 Å². The molecule has 0 bridgehead atoms. The van der Waals surface area contributed by atoms with Crippen LogP contribution in [0, 0.1) is 0 Å². The maximum absolute atomic E-state index is 13.2. The number of aliphatic hydroxyl groups excluding tert-OH is 1. The van der Waals surface area contributed by atoms with E-state index in [1.807, 2.05) is 0 Å². The second-order valence-corrected chi connectivity index (χ2v) is 8.61. The molecule has 0 aliphatic carbocycles. The minimum atomic E-state index is -4.95. The number of pyridine rings is 1. The van der Waals surface area contributed by atoms with E-state index in [2.05, 4.69) is 20.2 Å². The number of halogens is 4. The average molecular weight is 552 g/mol. The van der Waals surface area contributed by atoms with E-state index in [0.29, 0.717) is 16.4 Å². The largest absolute Gasteiger partial charge is 0.455 e. The summed E-state index contributed by atoms with van der Waals surface area (Å²) in [5, 5.41) is 18.6. The van der Waals surface area contributed by atoms with Crippen LogP contribution in [0.1, 0.15) is 31.6 Å². The van der Waals surface area contributed by atoms with Gasteiger partial charge in [0, 0.05) is 23.7 Å². The zero-order valence-corrected chi connectivity index (χ0v) is 20.8. The number of benzene rings is 1. The number of alkyl halides is 3. The summed E-state index contributed by atoms with van der Waals surface area (Å²) >= 11 is 5.91. The number of hydrogen-bond donors (Lipinski definition) is 1.